The van der Waals surface area contributed by atoms with E-state index in [9.17, 15) is 13.2 Å². The summed E-state index contributed by atoms with van der Waals surface area (Å²) < 4.78 is 35.1. The second-order valence-electron chi connectivity index (χ2n) is 4.46. The second-order valence-corrected chi connectivity index (χ2v) is 6.01. The van der Waals surface area contributed by atoms with Crippen molar-refractivity contribution in [2.45, 2.75) is 4.90 Å². The monoisotopic (exact) mass is 349 g/mol. The summed E-state index contributed by atoms with van der Waals surface area (Å²) in [6.07, 6.45) is 1.20. The molecule has 0 radical (unpaired) electrons. The first-order chi connectivity index (χ1) is 11.4. The lowest BCUT2D eigenvalue weighted by Crippen LogP contribution is -2.24. The summed E-state index contributed by atoms with van der Waals surface area (Å²) in [7, 11) is -2.69. The summed E-state index contributed by atoms with van der Waals surface area (Å²) in [6.45, 7) is 0. The van der Waals surface area contributed by atoms with Crippen LogP contribution < -0.4 is 20.1 Å². The predicted octanol–water partition coefficient (Wildman–Crippen LogP) is 1.47. The Morgan fingerprint density at radius 1 is 1.17 bits per heavy atom. The van der Waals surface area contributed by atoms with Crippen LogP contribution >= 0.6 is 0 Å². The minimum atomic E-state index is -4.06. The van der Waals surface area contributed by atoms with E-state index in [1.165, 1.54) is 31.5 Å². The van der Waals surface area contributed by atoms with E-state index >= 15 is 0 Å². The molecule has 24 heavy (non-hydrogen) atoms. The molecule has 8 nitrogen and oxygen atoms in total. The molecule has 2 aromatic carbocycles. The highest BCUT2D eigenvalue weighted by atomic mass is 32.2. The number of hydrogen-bond donors (Lipinski definition) is 2. The van der Waals surface area contributed by atoms with Gasteiger partial charge in [-0.3, -0.25) is 0 Å². The SMILES string of the molecule is COc1cccc(/C=N/NC(N)=O)c1OS(=O)(=O)c1ccccc1. The van der Waals surface area contributed by atoms with Crippen LogP contribution in [0.4, 0.5) is 4.79 Å². The van der Waals surface area contributed by atoms with Crippen molar-refractivity contribution in [1.82, 2.24) is 5.43 Å². The number of primary amides is 1. The van der Waals surface area contributed by atoms with Crippen LogP contribution in [0.1, 0.15) is 5.56 Å². The molecule has 0 bridgehead atoms. The molecule has 0 spiro atoms. The lowest BCUT2D eigenvalue weighted by molar-refractivity contribution is 0.249. The van der Waals surface area contributed by atoms with Gasteiger partial charge in [-0.15, -0.1) is 0 Å². The fourth-order valence-corrected chi connectivity index (χ4v) is 2.78. The Balaban J connectivity index is 2.41. The maximum Gasteiger partial charge on any atom is 0.339 e. The van der Waals surface area contributed by atoms with Gasteiger partial charge in [0, 0.05) is 5.56 Å². The molecular formula is C15H15N3O5S. The van der Waals surface area contributed by atoms with Gasteiger partial charge in [-0.25, -0.2) is 10.2 Å². The number of hydrazone groups is 1. The van der Waals surface area contributed by atoms with Gasteiger partial charge in [0.25, 0.3) is 0 Å². The maximum atomic E-state index is 12.4. The van der Waals surface area contributed by atoms with Gasteiger partial charge in [0.05, 0.1) is 13.3 Å². The van der Waals surface area contributed by atoms with Gasteiger partial charge < -0.3 is 14.7 Å². The molecule has 0 aliphatic heterocycles. The summed E-state index contributed by atoms with van der Waals surface area (Å²) in [6, 6.07) is 11.5. The lowest BCUT2D eigenvalue weighted by Gasteiger charge is -2.13. The van der Waals surface area contributed by atoms with Gasteiger partial charge in [0.15, 0.2) is 11.5 Å². The Labute approximate surface area is 139 Å². The molecule has 0 fully saturated rings. The summed E-state index contributed by atoms with van der Waals surface area (Å²) >= 11 is 0. The molecule has 126 valence electrons. The van der Waals surface area contributed by atoms with Crippen LogP contribution in [0.15, 0.2) is 58.5 Å². The van der Waals surface area contributed by atoms with Crippen molar-refractivity contribution in [2.75, 3.05) is 7.11 Å². The van der Waals surface area contributed by atoms with Gasteiger partial charge in [-0.1, -0.05) is 24.3 Å². The largest absolute Gasteiger partial charge is 0.493 e. The minimum Gasteiger partial charge on any atom is -0.493 e. The molecule has 0 saturated carbocycles. The quantitative estimate of drug-likeness (QED) is 0.465. The number of carbonyl (C=O) groups is 1. The molecule has 0 aliphatic carbocycles. The molecule has 0 unspecified atom stereocenters. The van der Waals surface area contributed by atoms with Gasteiger partial charge >= 0.3 is 16.1 Å². The number of amides is 2. The number of benzene rings is 2. The Morgan fingerprint density at radius 2 is 1.88 bits per heavy atom. The molecule has 2 rings (SSSR count). The summed E-state index contributed by atoms with van der Waals surface area (Å²) in [4.78, 5) is 10.7. The molecule has 9 heteroatoms. The highest BCUT2D eigenvalue weighted by Gasteiger charge is 2.21. The highest BCUT2D eigenvalue weighted by molar-refractivity contribution is 7.87. The van der Waals surface area contributed by atoms with Crippen molar-refractivity contribution in [1.29, 1.82) is 0 Å². The van der Waals surface area contributed by atoms with Crippen LogP contribution in [0, 0.1) is 0 Å². The predicted molar refractivity (Wildman–Crippen MR) is 87.6 cm³/mol. The van der Waals surface area contributed by atoms with Crippen LogP contribution in [0.25, 0.3) is 0 Å². The van der Waals surface area contributed by atoms with Crippen molar-refractivity contribution in [3.05, 3.63) is 54.1 Å². The molecule has 0 heterocycles. The zero-order chi connectivity index (χ0) is 17.6. The Hall–Kier alpha value is -3.07. The second kappa shape index (κ2) is 7.47. The number of urea groups is 1. The van der Waals surface area contributed by atoms with E-state index in [0.29, 0.717) is 0 Å². The maximum absolute atomic E-state index is 12.4. The van der Waals surface area contributed by atoms with E-state index in [-0.39, 0.29) is 22.0 Å². The number of nitrogens with one attached hydrogen (secondary N) is 1. The smallest absolute Gasteiger partial charge is 0.339 e. The van der Waals surface area contributed by atoms with Crippen molar-refractivity contribution in [3.8, 4) is 11.5 Å². The van der Waals surface area contributed by atoms with E-state index in [1.807, 2.05) is 5.43 Å². The van der Waals surface area contributed by atoms with Gasteiger partial charge in [0.1, 0.15) is 4.90 Å². The number of methoxy groups -OCH3 is 1. The van der Waals surface area contributed by atoms with Gasteiger partial charge in [-0.2, -0.15) is 13.5 Å². The third kappa shape index (κ3) is 4.23. The van der Waals surface area contributed by atoms with Crippen LogP contribution in [0.2, 0.25) is 0 Å². The van der Waals surface area contributed by atoms with E-state index in [2.05, 4.69) is 5.10 Å². The van der Waals surface area contributed by atoms with Crippen molar-refractivity contribution in [3.63, 3.8) is 0 Å². The minimum absolute atomic E-state index is 0.00550. The summed E-state index contributed by atoms with van der Waals surface area (Å²) in [5, 5.41) is 3.60. The van der Waals surface area contributed by atoms with Crippen molar-refractivity contribution >= 4 is 22.4 Å². The highest BCUT2D eigenvalue weighted by Crippen LogP contribution is 2.32. The first-order valence-corrected chi connectivity index (χ1v) is 8.10. The van der Waals surface area contributed by atoms with E-state index < -0.39 is 16.1 Å². The molecule has 0 saturated heterocycles. The van der Waals surface area contributed by atoms with Crippen LogP contribution in [-0.2, 0) is 10.1 Å². The zero-order valence-electron chi connectivity index (χ0n) is 12.7. The fraction of sp³-hybridized carbons (Fsp3) is 0.0667. The Bertz CT molecular complexity index is 851. The van der Waals surface area contributed by atoms with Crippen LogP contribution in [0.5, 0.6) is 11.5 Å². The number of rotatable bonds is 6. The topological polar surface area (TPSA) is 120 Å². The first-order valence-electron chi connectivity index (χ1n) is 6.69. The number of carbonyl (C=O) groups excluding carboxylic acids is 1. The number of ether oxygens (including phenoxy) is 1. The first kappa shape index (κ1) is 17.3. The number of nitrogens with two attached hydrogens (primary N) is 1. The Kier molecular flexibility index (Phi) is 5.38. The van der Waals surface area contributed by atoms with Crippen molar-refractivity contribution < 1.29 is 22.1 Å². The van der Waals surface area contributed by atoms with Crippen LogP contribution in [0.3, 0.4) is 0 Å². The molecular weight excluding hydrogens is 334 g/mol. The summed E-state index contributed by atoms with van der Waals surface area (Å²) in [5.41, 5.74) is 7.21. The number of para-hydroxylation sites is 1. The van der Waals surface area contributed by atoms with E-state index in [0.717, 1.165) is 0 Å². The van der Waals surface area contributed by atoms with E-state index in [4.69, 9.17) is 14.7 Å². The van der Waals surface area contributed by atoms with E-state index in [1.54, 1.807) is 30.3 Å². The van der Waals surface area contributed by atoms with Crippen molar-refractivity contribution in [2.24, 2.45) is 10.8 Å². The fourth-order valence-electron chi connectivity index (χ4n) is 1.79. The molecule has 2 amide bonds. The normalized spacial score (nSPS) is 11.2. The standard InChI is InChI=1S/C15H15N3O5S/c1-22-13-9-5-6-11(10-17-18-15(16)19)14(13)23-24(20,21)12-7-3-2-4-8-12/h2-10H,1H3,(H3,16,18,19)/b17-10+. The average Bonchev–Trinajstić information content (AvgIpc) is 2.56. The van der Waals surface area contributed by atoms with Gasteiger partial charge in [-0.05, 0) is 24.3 Å². The van der Waals surface area contributed by atoms with Crippen LogP contribution in [-0.4, -0.2) is 27.8 Å². The van der Waals surface area contributed by atoms with Gasteiger partial charge in [0.2, 0.25) is 0 Å². The molecule has 2 aromatic rings. The number of nitrogens with zero attached hydrogens (tertiary/aromatic N) is 1. The average molecular weight is 349 g/mol. The lowest BCUT2D eigenvalue weighted by atomic mass is 10.2. The Morgan fingerprint density at radius 3 is 2.50 bits per heavy atom. The third-order valence-corrected chi connectivity index (χ3v) is 4.07. The molecule has 0 atom stereocenters. The number of hydrogen-bond acceptors (Lipinski definition) is 6. The zero-order valence-corrected chi connectivity index (χ0v) is 13.5. The third-order valence-electron chi connectivity index (χ3n) is 2.83. The molecule has 0 aliphatic rings. The molecule has 0 aromatic heterocycles. The summed E-state index contributed by atoms with van der Waals surface area (Å²) in [5.74, 6) is 0.136. The molecule has 3 N–H and O–H groups in total.